The number of amides is 2. The molecule has 1 atom stereocenters. The highest BCUT2D eigenvalue weighted by Gasteiger charge is 2.14. The predicted octanol–water partition coefficient (Wildman–Crippen LogP) is 5.02. The number of hydrogen-bond donors (Lipinski definition) is 2. The van der Waals surface area contributed by atoms with Crippen molar-refractivity contribution in [3.05, 3.63) is 47.2 Å². The number of nitrogens with one attached hydrogen (secondary N) is 2. The molecule has 0 bridgehead atoms. The van der Waals surface area contributed by atoms with Crippen LogP contribution in [0.25, 0.3) is 0 Å². The Morgan fingerprint density at radius 2 is 1.83 bits per heavy atom. The van der Waals surface area contributed by atoms with Crippen molar-refractivity contribution in [3.63, 3.8) is 0 Å². The van der Waals surface area contributed by atoms with E-state index in [1.807, 2.05) is 6.20 Å². The number of hydrogen-bond acceptors (Lipinski definition) is 1. The van der Waals surface area contributed by atoms with Crippen LogP contribution < -0.4 is 10.6 Å². The summed E-state index contributed by atoms with van der Waals surface area (Å²) in [5.74, 6) is 0.636. The van der Waals surface area contributed by atoms with E-state index in [9.17, 15) is 4.79 Å². The molecule has 0 heterocycles. The normalized spacial score (nSPS) is 19.7. The third kappa shape index (κ3) is 4.62. The molecule has 1 aromatic carbocycles. The standard InChI is InChI=1S/C21H30N2O/c1-16(19-12-11-18-9-5-6-10-20(18)15-19)23-21(24)22-14-13-17-7-3-2-4-8-17/h11-17H,2-10H2,1H3,(H2,22,23,24)/b14-13+. The molecule has 1 aromatic rings. The van der Waals surface area contributed by atoms with E-state index in [1.165, 1.54) is 74.5 Å². The van der Waals surface area contributed by atoms with E-state index in [4.69, 9.17) is 0 Å². The van der Waals surface area contributed by atoms with Crippen molar-refractivity contribution < 1.29 is 4.79 Å². The van der Waals surface area contributed by atoms with Gasteiger partial charge in [0.25, 0.3) is 0 Å². The highest BCUT2D eigenvalue weighted by Crippen LogP contribution is 2.25. The smallest absolute Gasteiger partial charge is 0.319 e. The largest absolute Gasteiger partial charge is 0.331 e. The second kappa shape index (κ2) is 8.36. The third-order valence-electron chi connectivity index (χ3n) is 5.45. The molecule has 3 heteroatoms. The van der Waals surface area contributed by atoms with Gasteiger partial charge in [0.1, 0.15) is 0 Å². The summed E-state index contributed by atoms with van der Waals surface area (Å²) in [6, 6.07) is 6.58. The van der Waals surface area contributed by atoms with Crippen molar-refractivity contribution in [2.45, 2.75) is 70.8 Å². The Kier molecular flexibility index (Phi) is 5.95. The lowest BCUT2D eigenvalue weighted by atomic mass is 9.89. The average molecular weight is 326 g/mol. The molecule has 1 saturated carbocycles. The molecule has 2 N–H and O–H groups in total. The average Bonchev–Trinajstić information content (AvgIpc) is 2.62. The Morgan fingerprint density at radius 3 is 2.62 bits per heavy atom. The minimum atomic E-state index is -0.118. The molecule has 0 aliphatic heterocycles. The highest BCUT2D eigenvalue weighted by molar-refractivity contribution is 5.75. The van der Waals surface area contributed by atoms with Gasteiger partial charge >= 0.3 is 6.03 Å². The lowest BCUT2D eigenvalue weighted by molar-refractivity contribution is 0.241. The molecule has 3 rings (SSSR count). The molecule has 24 heavy (non-hydrogen) atoms. The molecule has 2 amide bonds. The van der Waals surface area contributed by atoms with Gasteiger partial charge in [-0.1, -0.05) is 43.5 Å². The summed E-state index contributed by atoms with van der Waals surface area (Å²) in [7, 11) is 0. The Bertz CT molecular complexity index is 588. The number of carbonyl (C=O) groups is 1. The quantitative estimate of drug-likeness (QED) is 0.801. The molecule has 1 fully saturated rings. The lowest BCUT2D eigenvalue weighted by Gasteiger charge is -2.20. The van der Waals surface area contributed by atoms with E-state index in [0.717, 1.165) is 0 Å². The SMILES string of the molecule is CC(NC(=O)N/C=C/C1CCCCC1)c1ccc2c(c1)CCCC2. The zero-order chi connectivity index (χ0) is 16.8. The van der Waals surface area contributed by atoms with Crippen LogP contribution in [0.15, 0.2) is 30.5 Å². The fourth-order valence-electron chi connectivity index (χ4n) is 3.93. The van der Waals surface area contributed by atoms with Crippen LogP contribution in [0.5, 0.6) is 0 Å². The van der Waals surface area contributed by atoms with Gasteiger partial charge in [-0.3, -0.25) is 0 Å². The first-order valence-corrected chi connectivity index (χ1v) is 9.58. The molecule has 1 unspecified atom stereocenters. The monoisotopic (exact) mass is 326 g/mol. The number of urea groups is 1. The van der Waals surface area contributed by atoms with Crippen molar-refractivity contribution in [2.24, 2.45) is 5.92 Å². The summed E-state index contributed by atoms with van der Waals surface area (Å²) in [5.41, 5.74) is 4.14. The zero-order valence-corrected chi connectivity index (χ0v) is 14.8. The number of aryl methyl sites for hydroxylation is 2. The van der Waals surface area contributed by atoms with Crippen LogP contribution >= 0.6 is 0 Å². The second-order valence-electron chi connectivity index (χ2n) is 7.33. The maximum atomic E-state index is 12.1. The summed E-state index contributed by atoms with van der Waals surface area (Å²) in [6.07, 6.45) is 15.4. The van der Waals surface area contributed by atoms with Gasteiger partial charge in [0.05, 0.1) is 6.04 Å². The minimum absolute atomic E-state index is 0.0281. The molecular formula is C21H30N2O. The molecule has 3 nitrogen and oxygen atoms in total. The van der Waals surface area contributed by atoms with Crippen LogP contribution in [0.4, 0.5) is 4.79 Å². The zero-order valence-electron chi connectivity index (χ0n) is 14.8. The predicted molar refractivity (Wildman–Crippen MR) is 98.9 cm³/mol. The lowest BCUT2D eigenvalue weighted by Crippen LogP contribution is -2.34. The van der Waals surface area contributed by atoms with Gasteiger partial charge in [-0.2, -0.15) is 0 Å². The van der Waals surface area contributed by atoms with Crippen LogP contribution in [0.3, 0.4) is 0 Å². The summed E-state index contributed by atoms with van der Waals surface area (Å²) < 4.78 is 0. The molecule has 2 aliphatic rings. The summed E-state index contributed by atoms with van der Waals surface area (Å²) in [4.78, 5) is 12.1. The van der Waals surface area contributed by atoms with E-state index >= 15 is 0 Å². The fraction of sp³-hybridized carbons (Fsp3) is 0.571. The van der Waals surface area contributed by atoms with E-state index in [-0.39, 0.29) is 12.1 Å². The first-order valence-electron chi connectivity index (χ1n) is 9.58. The van der Waals surface area contributed by atoms with Gasteiger partial charge in [0.15, 0.2) is 0 Å². The van der Waals surface area contributed by atoms with Crippen LogP contribution in [-0.2, 0) is 12.8 Å². The number of allylic oxidation sites excluding steroid dienone is 1. The van der Waals surface area contributed by atoms with Crippen molar-refractivity contribution in [1.29, 1.82) is 0 Å². The van der Waals surface area contributed by atoms with Crippen LogP contribution in [-0.4, -0.2) is 6.03 Å². The first-order chi connectivity index (χ1) is 11.7. The number of fused-ring (bicyclic) bond motifs is 1. The molecule has 2 aliphatic carbocycles. The third-order valence-corrected chi connectivity index (χ3v) is 5.45. The van der Waals surface area contributed by atoms with Gasteiger partial charge < -0.3 is 10.6 Å². The minimum Gasteiger partial charge on any atom is -0.331 e. The highest BCUT2D eigenvalue weighted by atomic mass is 16.2. The Balaban J connectivity index is 1.49. The van der Waals surface area contributed by atoms with Gasteiger partial charge in [-0.05, 0) is 68.1 Å². The Labute approximate surface area is 145 Å². The van der Waals surface area contributed by atoms with E-state index in [2.05, 4.69) is 41.8 Å². The van der Waals surface area contributed by atoms with Crippen LogP contribution in [0, 0.1) is 5.92 Å². The molecule has 0 spiro atoms. The maximum Gasteiger partial charge on any atom is 0.319 e. The summed E-state index contributed by atoms with van der Waals surface area (Å²) in [6.45, 7) is 2.05. The van der Waals surface area contributed by atoms with Gasteiger partial charge in [0.2, 0.25) is 0 Å². The van der Waals surface area contributed by atoms with Crippen molar-refractivity contribution >= 4 is 6.03 Å². The molecular weight excluding hydrogens is 296 g/mol. The molecule has 130 valence electrons. The van der Waals surface area contributed by atoms with E-state index in [1.54, 1.807) is 0 Å². The fourth-order valence-corrected chi connectivity index (χ4v) is 3.93. The maximum absolute atomic E-state index is 12.1. The van der Waals surface area contributed by atoms with E-state index < -0.39 is 0 Å². The topological polar surface area (TPSA) is 41.1 Å². The van der Waals surface area contributed by atoms with Crippen LogP contribution in [0.2, 0.25) is 0 Å². The summed E-state index contributed by atoms with van der Waals surface area (Å²) in [5, 5.41) is 5.90. The van der Waals surface area contributed by atoms with E-state index in [0.29, 0.717) is 5.92 Å². The molecule has 0 aromatic heterocycles. The number of benzene rings is 1. The van der Waals surface area contributed by atoms with Crippen LogP contribution in [0.1, 0.15) is 74.6 Å². The van der Waals surface area contributed by atoms with Crippen molar-refractivity contribution in [1.82, 2.24) is 10.6 Å². The van der Waals surface area contributed by atoms with Crippen molar-refractivity contribution in [3.8, 4) is 0 Å². The van der Waals surface area contributed by atoms with Gasteiger partial charge in [0, 0.05) is 6.20 Å². The van der Waals surface area contributed by atoms with Gasteiger partial charge in [-0.15, -0.1) is 0 Å². The first kappa shape index (κ1) is 17.1. The number of rotatable bonds is 4. The Morgan fingerprint density at radius 1 is 1.08 bits per heavy atom. The second-order valence-corrected chi connectivity index (χ2v) is 7.33. The number of carbonyl (C=O) groups excluding carboxylic acids is 1. The molecule has 0 radical (unpaired) electrons. The molecule has 0 saturated heterocycles. The summed E-state index contributed by atoms with van der Waals surface area (Å²) >= 11 is 0. The van der Waals surface area contributed by atoms with Gasteiger partial charge in [-0.25, -0.2) is 4.79 Å². The Hall–Kier alpha value is -1.77. The van der Waals surface area contributed by atoms with Crippen molar-refractivity contribution in [2.75, 3.05) is 0 Å².